The van der Waals surface area contributed by atoms with E-state index in [0.29, 0.717) is 5.92 Å². The number of hydrogen-bond acceptors (Lipinski definition) is 2. The molecule has 0 amide bonds. The Morgan fingerprint density at radius 1 is 1.41 bits per heavy atom. The molecule has 0 aliphatic heterocycles. The van der Waals surface area contributed by atoms with Gasteiger partial charge in [-0.1, -0.05) is 20.4 Å². The Labute approximate surface area is 111 Å². The third-order valence-electron chi connectivity index (χ3n) is 3.82. The predicted octanol–water partition coefficient (Wildman–Crippen LogP) is 4.53. The van der Waals surface area contributed by atoms with Crippen molar-refractivity contribution in [2.75, 3.05) is 19.8 Å². The summed E-state index contributed by atoms with van der Waals surface area (Å²) in [5, 5.41) is 0. The summed E-state index contributed by atoms with van der Waals surface area (Å²) in [7, 11) is 2.14. The van der Waals surface area contributed by atoms with Gasteiger partial charge in [-0.15, -0.1) is 11.8 Å². The first-order chi connectivity index (χ1) is 8.06. The van der Waals surface area contributed by atoms with E-state index in [1.165, 1.54) is 29.9 Å². The van der Waals surface area contributed by atoms with E-state index in [0.717, 1.165) is 12.5 Å². The van der Waals surface area contributed by atoms with Gasteiger partial charge in [-0.25, -0.2) is 0 Å². The minimum absolute atomic E-state index is 0.701. The van der Waals surface area contributed by atoms with E-state index in [1.807, 2.05) is 11.8 Å². The summed E-state index contributed by atoms with van der Waals surface area (Å²) >= 11 is 1.88. The molecule has 98 valence electrons. The lowest BCUT2D eigenvalue weighted by Gasteiger charge is -2.26. The van der Waals surface area contributed by atoms with E-state index >= 15 is 0 Å². The predicted molar refractivity (Wildman–Crippen MR) is 80.2 cm³/mol. The third kappa shape index (κ3) is 3.54. The average Bonchev–Trinajstić information content (AvgIpc) is 3.17. The third-order valence-corrected chi connectivity index (χ3v) is 4.70. The molecule has 1 nitrogen and oxygen atoms in total. The van der Waals surface area contributed by atoms with Crippen molar-refractivity contribution in [3.8, 4) is 0 Å². The van der Waals surface area contributed by atoms with Crippen LogP contribution in [-0.4, -0.2) is 24.7 Å². The zero-order valence-electron chi connectivity index (χ0n) is 12.0. The van der Waals surface area contributed by atoms with E-state index < -0.39 is 0 Å². The van der Waals surface area contributed by atoms with E-state index in [2.05, 4.69) is 45.6 Å². The maximum Gasteiger partial charge on any atom is 0.0428 e. The summed E-state index contributed by atoms with van der Waals surface area (Å²) in [5.41, 5.74) is 2.88. The maximum absolute atomic E-state index is 4.29. The highest BCUT2D eigenvalue weighted by Gasteiger charge is 2.31. The topological polar surface area (TPSA) is 3.24 Å². The summed E-state index contributed by atoms with van der Waals surface area (Å²) in [6.07, 6.45) is 6.19. The van der Waals surface area contributed by atoms with E-state index in [-0.39, 0.29) is 0 Å². The first-order valence-electron chi connectivity index (χ1n) is 6.75. The fraction of sp³-hybridized carbons (Fsp3) is 0.733. The lowest BCUT2D eigenvalue weighted by atomic mass is 9.93. The van der Waals surface area contributed by atoms with Gasteiger partial charge >= 0.3 is 0 Å². The first kappa shape index (κ1) is 14.7. The Kier molecular flexibility index (Phi) is 5.64. The SMILES string of the molecule is C=C(/C(SC)=C(\C(C)CC)C1CC1)N(C)CC. The number of thioether (sulfide) groups is 1. The second-order valence-electron chi connectivity index (χ2n) is 5.03. The van der Waals surface area contributed by atoms with Crippen molar-refractivity contribution in [1.82, 2.24) is 4.90 Å². The van der Waals surface area contributed by atoms with E-state index in [9.17, 15) is 0 Å². The number of rotatable bonds is 7. The fourth-order valence-electron chi connectivity index (χ4n) is 2.19. The minimum Gasteiger partial charge on any atom is -0.374 e. The molecule has 1 rings (SSSR count). The van der Waals surface area contributed by atoms with Gasteiger partial charge in [-0.3, -0.25) is 0 Å². The molecule has 0 aromatic carbocycles. The summed E-state index contributed by atoms with van der Waals surface area (Å²) in [5.74, 6) is 1.54. The van der Waals surface area contributed by atoms with Crippen LogP contribution in [0.3, 0.4) is 0 Å². The minimum atomic E-state index is 0.701. The van der Waals surface area contributed by atoms with Crippen LogP contribution in [0.1, 0.15) is 40.0 Å². The second kappa shape index (κ2) is 6.53. The first-order valence-corrected chi connectivity index (χ1v) is 7.97. The Morgan fingerprint density at radius 2 is 2.00 bits per heavy atom. The molecule has 1 aliphatic carbocycles. The lowest BCUT2D eigenvalue weighted by Crippen LogP contribution is -2.18. The van der Waals surface area contributed by atoms with Crippen LogP contribution < -0.4 is 0 Å². The van der Waals surface area contributed by atoms with Gasteiger partial charge in [0.15, 0.2) is 0 Å². The zero-order valence-corrected chi connectivity index (χ0v) is 12.9. The van der Waals surface area contributed by atoms with Crippen LogP contribution in [0.2, 0.25) is 0 Å². The Morgan fingerprint density at radius 3 is 2.35 bits per heavy atom. The van der Waals surface area contributed by atoms with Crippen molar-refractivity contribution in [3.63, 3.8) is 0 Å². The molecule has 0 spiro atoms. The van der Waals surface area contributed by atoms with E-state index in [4.69, 9.17) is 0 Å². The van der Waals surface area contributed by atoms with Crippen molar-refractivity contribution >= 4 is 11.8 Å². The fourth-order valence-corrected chi connectivity index (χ4v) is 3.19. The van der Waals surface area contributed by atoms with Crippen LogP contribution in [0.15, 0.2) is 22.8 Å². The number of likely N-dealkylation sites (N-methyl/N-ethyl adjacent to an activating group) is 1. The average molecular weight is 253 g/mol. The maximum atomic E-state index is 4.29. The largest absolute Gasteiger partial charge is 0.374 e. The summed E-state index contributed by atoms with van der Waals surface area (Å²) in [6.45, 7) is 12.2. The molecule has 1 fully saturated rings. The van der Waals surface area contributed by atoms with Crippen molar-refractivity contribution in [2.45, 2.75) is 40.0 Å². The summed E-state index contributed by atoms with van der Waals surface area (Å²) in [4.78, 5) is 3.71. The summed E-state index contributed by atoms with van der Waals surface area (Å²) in [6, 6.07) is 0. The van der Waals surface area contributed by atoms with Gasteiger partial charge in [0, 0.05) is 24.2 Å². The van der Waals surface area contributed by atoms with Crippen molar-refractivity contribution in [1.29, 1.82) is 0 Å². The number of hydrogen-bond donors (Lipinski definition) is 0. The zero-order chi connectivity index (χ0) is 13.0. The van der Waals surface area contributed by atoms with E-state index in [1.54, 1.807) is 5.57 Å². The van der Waals surface area contributed by atoms with Gasteiger partial charge in [-0.05, 0) is 49.9 Å². The molecular formula is C15H27NS. The molecule has 0 bridgehead atoms. The Balaban J connectivity index is 3.03. The van der Waals surface area contributed by atoms with Gasteiger partial charge in [0.2, 0.25) is 0 Å². The molecular weight excluding hydrogens is 226 g/mol. The molecule has 0 aromatic heterocycles. The molecule has 0 radical (unpaired) electrons. The molecule has 0 heterocycles. The molecule has 1 unspecified atom stereocenters. The van der Waals surface area contributed by atoms with Gasteiger partial charge in [0.1, 0.15) is 0 Å². The van der Waals surface area contributed by atoms with Crippen molar-refractivity contribution in [2.24, 2.45) is 11.8 Å². The molecule has 0 N–H and O–H groups in total. The highest BCUT2D eigenvalue weighted by atomic mass is 32.2. The Bertz CT molecular complexity index is 302. The van der Waals surface area contributed by atoms with Crippen molar-refractivity contribution < 1.29 is 0 Å². The van der Waals surface area contributed by atoms with Crippen LogP contribution in [0.5, 0.6) is 0 Å². The highest BCUT2D eigenvalue weighted by Crippen LogP contribution is 2.46. The molecule has 1 atom stereocenters. The van der Waals surface area contributed by atoms with Crippen LogP contribution >= 0.6 is 11.8 Å². The quantitative estimate of drug-likeness (QED) is 0.613. The Hall–Kier alpha value is -0.370. The number of allylic oxidation sites excluding steroid dienone is 1. The molecule has 0 aromatic rings. The molecule has 2 heteroatoms. The monoisotopic (exact) mass is 253 g/mol. The van der Waals surface area contributed by atoms with Gasteiger partial charge in [0.05, 0.1) is 0 Å². The normalized spacial score (nSPS) is 18.6. The molecule has 0 saturated heterocycles. The van der Waals surface area contributed by atoms with Crippen LogP contribution in [-0.2, 0) is 0 Å². The summed E-state index contributed by atoms with van der Waals surface area (Å²) < 4.78 is 0. The standard InChI is InChI=1S/C15H27NS/c1-7-11(3)14(13-9-10-13)15(17-6)12(4)16(5)8-2/h11,13H,4,7-10H2,1-3,5-6H3/b15-14-. The van der Waals surface area contributed by atoms with Crippen LogP contribution in [0, 0.1) is 11.8 Å². The second-order valence-corrected chi connectivity index (χ2v) is 5.85. The lowest BCUT2D eigenvalue weighted by molar-refractivity contribution is 0.453. The van der Waals surface area contributed by atoms with Gasteiger partial charge < -0.3 is 4.90 Å². The van der Waals surface area contributed by atoms with Gasteiger partial charge in [-0.2, -0.15) is 0 Å². The van der Waals surface area contributed by atoms with Crippen LogP contribution in [0.4, 0.5) is 0 Å². The number of nitrogens with zero attached hydrogens (tertiary/aromatic N) is 1. The van der Waals surface area contributed by atoms with Gasteiger partial charge in [0.25, 0.3) is 0 Å². The van der Waals surface area contributed by atoms with Crippen molar-refractivity contribution in [3.05, 3.63) is 22.8 Å². The molecule has 1 saturated carbocycles. The smallest absolute Gasteiger partial charge is 0.0428 e. The molecule has 1 aliphatic rings. The molecule has 17 heavy (non-hydrogen) atoms. The van der Waals surface area contributed by atoms with Crippen LogP contribution in [0.25, 0.3) is 0 Å². The highest BCUT2D eigenvalue weighted by molar-refractivity contribution is 8.02.